The van der Waals surface area contributed by atoms with E-state index in [-0.39, 0.29) is 23.2 Å². The van der Waals surface area contributed by atoms with Gasteiger partial charge in [-0.2, -0.15) is 5.10 Å². The molecule has 0 aromatic carbocycles. The van der Waals surface area contributed by atoms with Gasteiger partial charge in [0.2, 0.25) is 0 Å². The molecule has 0 saturated carbocycles. The Hall–Kier alpha value is -3.79. The molecule has 4 aromatic heterocycles. The Morgan fingerprint density at radius 3 is 2.83 bits per heavy atom. The van der Waals surface area contributed by atoms with Gasteiger partial charge in [0.25, 0.3) is 11.1 Å². The Balaban J connectivity index is 1.48. The van der Waals surface area contributed by atoms with Crippen LogP contribution in [-0.2, 0) is 4.74 Å². The summed E-state index contributed by atoms with van der Waals surface area (Å²) in [6, 6.07) is 11.0. The number of anilines is 1. The zero-order valence-electron chi connectivity index (χ0n) is 15.3. The van der Waals surface area contributed by atoms with Gasteiger partial charge in [0.15, 0.2) is 5.82 Å². The van der Waals surface area contributed by atoms with Crippen molar-refractivity contribution in [2.45, 2.75) is 12.1 Å². The third-order valence-corrected chi connectivity index (χ3v) is 4.82. The maximum absolute atomic E-state index is 12.5. The van der Waals surface area contributed by atoms with Gasteiger partial charge in [0.1, 0.15) is 17.5 Å². The summed E-state index contributed by atoms with van der Waals surface area (Å²) in [6.07, 6.45) is 5.06. The highest BCUT2D eigenvalue weighted by molar-refractivity contribution is 5.47. The zero-order valence-corrected chi connectivity index (χ0v) is 15.3. The van der Waals surface area contributed by atoms with Crippen molar-refractivity contribution >= 4 is 11.5 Å². The van der Waals surface area contributed by atoms with Gasteiger partial charge >= 0.3 is 0 Å². The Morgan fingerprint density at radius 1 is 1.03 bits per heavy atom. The van der Waals surface area contributed by atoms with Gasteiger partial charge in [0.05, 0.1) is 19.3 Å². The number of hydrogen-bond donors (Lipinski definition) is 1. The van der Waals surface area contributed by atoms with Gasteiger partial charge in [-0.15, -0.1) is 5.10 Å². The maximum atomic E-state index is 12.5. The second-order valence-corrected chi connectivity index (χ2v) is 6.69. The van der Waals surface area contributed by atoms with Gasteiger partial charge in [-0.3, -0.25) is 14.0 Å². The lowest BCUT2D eigenvalue weighted by Gasteiger charge is -2.21. The van der Waals surface area contributed by atoms with Crippen LogP contribution in [0.3, 0.4) is 0 Å². The number of nitrogens with one attached hydrogen (secondary N) is 1. The van der Waals surface area contributed by atoms with Crippen LogP contribution in [0.15, 0.2) is 70.6 Å². The molecule has 5 rings (SSSR count). The summed E-state index contributed by atoms with van der Waals surface area (Å²) in [5.74, 6) is 0.959. The van der Waals surface area contributed by atoms with Crippen molar-refractivity contribution < 1.29 is 4.74 Å². The SMILES string of the molecule is O=c1ccc(-n2cccn2)nn1C1COCC1Nc1cc(=O)n2ccccc2n1. The molecule has 0 aliphatic carbocycles. The Labute approximate surface area is 164 Å². The van der Waals surface area contributed by atoms with Crippen LogP contribution in [-0.4, -0.2) is 48.2 Å². The van der Waals surface area contributed by atoms with Crippen LogP contribution in [0.25, 0.3) is 11.5 Å². The van der Waals surface area contributed by atoms with Crippen molar-refractivity contribution in [3.8, 4) is 5.82 Å². The minimum Gasteiger partial charge on any atom is -0.377 e. The molecular weight excluding hydrogens is 374 g/mol. The minimum atomic E-state index is -0.353. The Bertz CT molecular complexity index is 1280. The highest BCUT2D eigenvalue weighted by Gasteiger charge is 2.32. The summed E-state index contributed by atoms with van der Waals surface area (Å²) < 4.78 is 10.1. The van der Waals surface area contributed by atoms with Gasteiger partial charge in [-0.1, -0.05) is 6.07 Å². The highest BCUT2D eigenvalue weighted by Crippen LogP contribution is 2.21. The lowest BCUT2D eigenvalue weighted by molar-refractivity contribution is 0.182. The smallest absolute Gasteiger partial charge is 0.267 e. The first kappa shape index (κ1) is 17.3. The number of fused-ring (bicyclic) bond motifs is 1. The minimum absolute atomic E-state index is 0.190. The number of pyridine rings is 1. The monoisotopic (exact) mass is 391 g/mol. The van der Waals surface area contributed by atoms with Gasteiger partial charge in [-0.25, -0.2) is 14.3 Å². The van der Waals surface area contributed by atoms with E-state index in [2.05, 4.69) is 20.5 Å². The molecule has 146 valence electrons. The highest BCUT2D eigenvalue weighted by atomic mass is 16.5. The molecule has 1 N–H and O–H groups in total. The van der Waals surface area contributed by atoms with Crippen molar-refractivity contribution in [1.29, 1.82) is 0 Å². The van der Waals surface area contributed by atoms with E-state index in [0.717, 1.165) is 0 Å². The fourth-order valence-corrected chi connectivity index (χ4v) is 3.42. The molecule has 5 heterocycles. The second-order valence-electron chi connectivity index (χ2n) is 6.69. The third kappa shape index (κ3) is 3.19. The summed E-state index contributed by atoms with van der Waals surface area (Å²) in [6.45, 7) is 0.681. The summed E-state index contributed by atoms with van der Waals surface area (Å²) in [5.41, 5.74) is 0.105. The molecule has 2 atom stereocenters. The number of nitrogens with zero attached hydrogens (tertiary/aromatic N) is 6. The molecule has 4 aromatic rings. The molecule has 29 heavy (non-hydrogen) atoms. The molecule has 1 aliphatic rings. The van der Waals surface area contributed by atoms with E-state index in [0.29, 0.717) is 30.5 Å². The second kappa shape index (κ2) is 6.99. The third-order valence-electron chi connectivity index (χ3n) is 4.82. The Morgan fingerprint density at radius 2 is 1.97 bits per heavy atom. The number of ether oxygens (including phenoxy) is 1. The Kier molecular flexibility index (Phi) is 4.17. The van der Waals surface area contributed by atoms with Gasteiger partial charge < -0.3 is 10.1 Å². The average molecular weight is 391 g/mol. The molecule has 10 nitrogen and oxygen atoms in total. The van der Waals surface area contributed by atoms with Crippen molar-refractivity contribution in [2.24, 2.45) is 0 Å². The van der Waals surface area contributed by atoms with Crippen LogP contribution in [0.5, 0.6) is 0 Å². The molecule has 2 unspecified atom stereocenters. The van der Waals surface area contributed by atoms with Crippen LogP contribution in [0, 0.1) is 0 Å². The van der Waals surface area contributed by atoms with E-state index in [1.165, 1.54) is 21.2 Å². The van der Waals surface area contributed by atoms with E-state index in [1.807, 2.05) is 6.07 Å². The van der Waals surface area contributed by atoms with Crippen LogP contribution >= 0.6 is 0 Å². The molecule has 0 bridgehead atoms. The largest absolute Gasteiger partial charge is 0.377 e. The molecule has 1 fully saturated rings. The standard InChI is InChI=1S/C19H17N7O3/c27-18-6-5-17(25-9-3-7-20-25)23-26(18)14-12-29-11-13(14)21-15-10-19(28)24-8-2-1-4-16(24)22-15/h1-10,13-14,21H,11-12H2. The first-order valence-corrected chi connectivity index (χ1v) is 9.12. The summed E-state index contributed by atoms with van der Waals surface area (Å²) in [4.78, 5) is 29.3. The first-order valence-electron chi connectivity index (χ1n) is 9.12. The number of hydrogen-bond acceptors (Lipinski definition) is 7. The van der Waals surface area contributed by atoms with E-state index in [4.69, 9.17) is 4.74 Å². The van der Waals surface area contributed by atoms with Gasteiger partial charge in [-0.05, 0) is 24.3 Å². The molecular formula is C19H17N7O3. The molecule has 0 amide bonds. The van der Waals surface area contributed by atoms with Crippen LogP contribution in [0.1, 0.15) is 6.04 Å². The van der Waals surface area contributed by atoms with Crippen molar-refractivity contribution in [2.75, 3.05) is 18.5 Å². The summed E-state index contributed by atoms with van der Waals surface area (Å²) in [7, 11) is 0. The van der Waals surface area contributed by atoms with E-state index >= 15 is 0 Å². The van der Waals surface area contributed by atoms with Crippen LogP contribution < -0.4 is 16.4 Å². The molecule has 0 spiro atoms. The fraction of sp³-hybridized carbons (Fsp3) is 0.211. The lowest BCUT2D eigenvalue weighted by Crippen LogP contribution is -2.38. The summed E-state index contributed by atoms with van der Waals surface area (Å²) in [5, 5.41) is 11.8. The summed E-state index contributed by atoms with van der Waals surface area (Å²) >= 11 is 0. The average Bonchev–Trinajstić information content (AvgIpc) is 3.41. The van der Waals surface area contributed by atoms with E-state index in [9.17, 15) is 9.59 Å². The number of rotatable bonds is 4. The molecule has 0 radical (unpaired) electrons. The lowest BCUT2D eigenvalue weighted by atomic mass is 10.1. The molecule has 10 heteroatoms. The molecule has 1 saturated heterocycles. The topological polar surface area (TPSA) is 108 Å². The predicted octanol–water partition coefficient (Wildman–Crippen LogP) is 0.489. The van der Waals surface area contributed by atoms with Crippen molar-refractivity contribution in [3.05, 3.63) is 81.8 Å². The quantitative estimate of drug-likeness (QED) is 0.539. The first-order chi connectivity index (χ1) is 14.2. The van der Waals surface area contributed by atoms with Crippen LogP contribution in [0.4, 0.5) is 5.82 Å². The number of aromatic nitrogens is 6. The normalized spacial score (nSPS) is 18.9. The molecule has 1 aliphatic heterocycles. The predicted molar refractivity (Wildman–Crippen MR) is 104 cm³/mol. The zero-order chi connectivity index (χ0) is 19.8. The fourth-order valence-electron chi connectivity index (χ4n) is 3.42. The van der Waals surface area contributed by atoms with Crippen LogP contribution in [0.2, 0.25) is 0 Å². The maximum Gasteiger partial charge on any atom is 0.267 e. The van der Waals surface area contributed by atoms with Crippen molar-refractivity contribution in [3.63, 3.8) is 0 Å². The van der Waals surface area contributed by atoms with E-state index in [1.54, 1.807) is 47.5 Å². The van der Waals surface area contributed by atoms with Crippen molar-refractivity contribution in [1.82, 2.24) is 28.9 Å². The van der Waals surface area contributed by atoms with E-state index < -0.39 is 0 Å². The van der Waals surface area contributed by atoms with Gasteiger partial charge in [0, 0.05) is 30.7 Å².